The second-order valence-corrected chi connectivity index (χ2v) is 4.66. The Morgan fingerprint density at radius 2 is 1.58 bits per heavy atom. The molecule has 0 aromatic heterocycles. The third-order valence-corrected chi connectivity index (χ3v) is 3.25. The van der Waals surface area contributed by atoms with Crippen molar-refractivity contribution >= 4 is 9.24 Å². The van der Waals surface area contributed by atoms with Crippen LogP contribution in [-0.2, 0) is 0 Å². The predicted octanol–water partition coefficient (Wildman–Crippen LogP) is 4.23. The molecule has 0 bridgehead atoms. The largest absolute Gasteiger partial charge is 0.110 e. The summed E-state index contributed by atoms with van der Waals surface area (Å²) in [6, 6.07) is 0. The van der Waals surface area contributed by atoms with Crippen LogP contribution in [0, 0.1) is 11.8 Å². The summed E-state index contributed by atoms with van der Waals surface area (Å²) in [5.74, 6) is 1.39. The molecule has 72 valence electrons. The molecule has 0 heterocycles. The van der Waals surface area contributed by atoms with E-state index in [2.05, 4.69) is 43.9 Å². The van der Waals surface area contributed by atoms with Gasteiger partial charge in [-0.05, 0) is 18.3 Å². The van der Waals surface area contributed by atoms with Crippen LogP contribution in [0.5, 0.6) is 0 Å². The smallest absolute Gasteiger partial charge is 0.0220 e. The zero-order valence-electron chi connectivity index (χ0n) is 9.15. The molecule has 1 unspecified atom stereocenters. The molecule has 0 saturated heterocycles. The molecule has 0 N–H and O–H groups in total. The SMILES string of the molecule is CCC/C(=C(\P)C(C)C)C(C)C. The van der Waals surface area contributed by atoms with E-state index in [1.807, 2.05) is 0 Å². The Morgan fingerprint density at radius 1 is 1.08 bits per heavy atom. The normalized spacial score (nSPS) is 14.0. The lowest BCUT2D eigenvalue weighted by Gasteiger charge is -2.17. The monoisotopic (exact) mass is 186 g/mol. The summed E-state index contributed by atoms with van der Waals surface area (Å²) in [5, 5.41) is 1.52. The summed E-state index contributed by atoms with van der Waals surface area (Å²) in [5.41, 5.74) is 1.64. The molecule has 0 radical (unpaired) electrons. The third kappa shape index (κ3) is 3.72. The van der Waals surface area contributed by atoms with E-state index in [1.54, 1.807) is 5.57 Å². The minimum absolute atomic E-state index is 0.680. The van der Waals surface area contributed by atoms with Crippen LogP contribution in [0.1, 0.15) is 47.5 Å². The number of rotatable bonds is 4. The lowest BCUT2D eigenvalue weighted by molar-refractivity contribution is 0.670. The maximum absolute atomic E-state index is 2.91. The molecule has 0 amide bonds. The Balaban J connectivity index is 4.55. The topological polar surface area (TPSA) is 0 Å². The van der Waals surface area contributed by atoms with Crippen molar-refractivity contribution in [3.8, 4) is 0 Å². The average molecular weight is 186 g/mol. The molecule has 0 aliphatic rings. The summed E-state index contributed by atoms with van der Waals surface area (Å²) >= 11 is 0. The lowest BCUT2D eigenvalue weighted by Crippen LogP contribution is -2.00. The summed E-state index contributed by atoms with van der Waals surface area (Å²) in [7, 11) is 2.91. The fraction of sp³-hybridized carbons (Fsp3) is 0.818. The molecule has 0 nitrogen and oxygen atoms in total. The van der Waals surface area contributed by atoms with E-state index in [4.69, 9.17) is 0 Å². The van der Waals surface area contributed by atoms with Crippen molar-refractivity contribution in [2.45, 2.75) is 47.5 Å². The van der Waals surface area contributed by atoms with Crippen molar-refractivity contribution in [2.75, 3.05) is 0 Å². The van der Waals surface area contributed by atoms with Gasteiger partial charge in [-0.15, -0.1) is 9.24 Å². The summed E-state index contributed by atoms with van der Waals surface area (Å²) in [6.45, 7) is 11.4. The van der Waals surface area contributed by atoms with Gasteiger partial charge in [-0.25, -0.2) is 0 Å². The van der Waals surface area contributed by atoms with Gasteiger partial charge in [0.2, 0.25) is 0 Å². The van der Waals surface area contributed by atoms with Crippen molar-refractivity contribution in [3.63, 3.8) is 0 Å². The second-order valence-electron chi connectivity index (χ2n) is 4.04. The fourth-order valence-electron chi connectivity index (χ4n) is 1.41. The fourth-order valence-corrected chi connectivity index (χ4v) is 1.88. The van der Waals surface area contributed by atoms with Gasteiger partial charge in [0.05, 0.1) is 0 Å². The summed E-state index contributed by atoms with van der Waals surface area (Å²) < 4.78 is 0. The highest BCUT2D eigenvalue weighted by atomic mass is 31.0. The van der Waals surface area contributed by atoms with Crippen LogP contribution in [-0.4, -0.2) is 0 Å². The van der Waals surface area contributed by atoms with Crippen molar-refractivity contribution in [3.05, 3.63) is 10.9 Å². The first-order chi connectivity index (χ1) is 5.50. The van der Waals surface area contributed by atoms with E-state index in [0.29, 0.717) is 11.8 Å². The first-order valence-corrected chi connectivity index (χ1v) is 5.56. The Labute approximate surface area is 80.0 Å². The molecule has 1 heteroatoms. The zero-order valence-corrected chi connectivity index (χ0v) is 10.3. The van der Waals surface area contributed by atoms with Gasteiger partial charge in [0, 0.05) is 0 Å². The van der Waals surface area contributed by atoms with Gasteiger partial charge < -0.3 is 0 Å². The van der Waals surface area contributed by atoms with Crippen LogP contribution in [0.2, 0.25) is 0 Å². The molecule has 12 heavy (non-hydrogen) atoms. The van der Waals surface area contributed by atoms with Crippen molar-refractivity contribution in [1.82, 2.24) is 0 Å². The molecular weight excluding hydrogens is 163 g/mol. The molecule has 0 aliphatic carbocycles. The quantitative estimate of drug-likeness (QED) is 0.576. The highest BCUT2D eigenvalue weighted by Gasteiger charge is 2.08. The van der Waals surface area contributed by atoms with Gasteiger partial charge in [-0.1, -0.05) is 51.9 Å². The highest BCUT2D eigenvalue weighted by molar-refractivity contribution is 7.22. The molecule has 1 atom stereocenters. The average Bonchev–Trinajstić information content (AvgIpc) is 1.98. The maximum atomic E-state index is 2.91. The highest BCUT2D eigenvalue weighted by Crippen LogP contribution is 2.29. The molecule has 0 aliphatic heterocycles. The van der Waals surface area contributed by atoms with Crippen molar-refractivity contribution in [2.24, 2.45) is 11.8 Å². The molecule has 0 fully saturated rings. The van der Waals surface area contributed by atoms with Crippen LogP contribution >= 0.6 is 9.24 Å². The minimum atomic E-state index is 0.680. The lowest BCUT2D eigenvalue weighted by atomic mass is 9.95. The van der Waals surface area contributed by atoms with Crippen molar-refractivity contribution in [1.29, 1.82) is 0 Å². The molecule has 0 spiro atoms. The molecule has 0 aromatic carbocycles. The Morgan fingerprint density at radius 3 is 1.83 bits per heavy atom. The Hall–Kier alpha value is 0.170. The molecule has 0 rings (SSSR count). The van der Waals surface area contributed by atoms with Crippen molar-refractivity contribution < 1.29 is 0 Å². The zero-order chi connectivity index (χ0) is 9.72. The van der Waals surface area contributed by atoms with Crippen LogP contribution in [0.25, 0.3) is 0 Å². The minimum Gasteiger partial charge on any atom is -0.110 e. The van der Waals surface area contributed by atoms with E-state index in [-0.39, 0.29) is 0 Å². The number of allylic oxidation sites excluding steroid dienone is 2. The number of hydrogen-bond donors (Lipinski definition) is 0. The van der Waals surface area contributed by atoms with Crippen LogP contribution in [0.15, 0.2) is 10.9 Å². The van der Waals surface area contributed by atoms with E-state index in [9.17, 15) is 0 Å². The predicted molar refractivity (Wildman–Crippen MR) is 61.3 cm³/mol. The van der Waals surface area contributed by atoms with Crippen LogP contribution < -0.4 is 0 Å². The van der Waals surface area contributed by atoms with Crippen LogP contribution in [0.3, 0.4) is 0 Å². The van der Waals surface area contributed by atoms with Gasteiger partial charge in [0.15, 0.2) is 0 Å². The van der Waals surface area contributed by atoms with E-state index in [0.717, 1.165) is 0 Å². The molecular formula is C11H23P. The Bertz CT molecular complexity index is 154. The summed E-state index contributed by atoms with van der Waals surface area (Å²) in [4.78, 5) is 0. The standard InChI is InChI=1S/C11H23P/c1-6-7-10(8(2)3)11(12)9(4)5/h8-9H,6-7,12H2,1-5H3/b11-10+. The Kier molecular flexibility index (Phi) is 5.84. The van der Waals surface area contributed by atoms with E-state index in [1.165, 1.54) is 18.2 Å². The maximum Gasteiger partial charge on any atom is -0.0220 e. The first-order valence-electron chi connectivity index (χ1n) is 4.99. The third-order valence-electron chi connectivity index (χ3n) is 2.21. The van der Waals surface area contributed by atoms with Gasteiger partial charge in [-0.2, -0.15) is 0 Å². The van der Waals surface area contributed by atoms with Crippen LogP contribution in [0.4, 0.5) is 0 Å². The van der Waals surface area contributed by atoms with Gasteiger partial charge >= 0.3 is 0 Å². The van der Waals surface area contributed by atoms with Gasteiger partial charge in [0.25, 0.3) is 0 Å². The molecule has 0 saturated carbocycles. The second kappa shape index (κ2) is 5.75. The van der Waals surface area contributed by atoms with Gasteiger partial charge in [0.1, 0.15) is 0 Å². The van der Waals surface area contributed by atoms with E-state index >= 15 is 0 Å². The summed E-state index contributed by atoms with van der Waals surface area (Å²) in [6.07, 6.45) is 2.52. The van der Waals surface area contributed by atoms with Gasteiger partial charge in [-0.3, -0.25) is 0 Å². The van der Waals surface area contributed by atoms with E-state index < -0.39 is 0 Å². The number of hydrogen-bond acceptors (Lipinski definition) is 0. The molecule has 0 aromatic rings. The first kappa shape index (κ1) is 12.2.